The molecule has 0 radical (unpaired) electrons. The molecule has 3 rings (SSSR count). The van der Waals surface area contributed by atoms with Gasteiger partial charge in [0.1, 0.15) is 0 Å². The lowest BCUT2D eigenvalue weighted by molar-refractivity contribution is -0.129. The van der Waals surface area contributed by atoms with Gasteiger partial charge in [0.2, 0.25) is 11.8 Å². The van der Waals surface area contributed by atoms with Crippen LogP contribution in [0.5, 0.6) is 0 Å². The second-order valence-corrected chi connectivity index (χ2v) is 6.46. The van der Waals surface area contributed by atoms with Gasteiger partial charge in [-0.1, -0.05) is 12.1 Å². The molecule has 128 valence electrons. The van der Waals surface area contributed by atoms with Crippen LogP contribution in [0.25, 0.3) is 0 Å². The van der Waals surface area contributed by atoms with Gasteiger partial charge in [0, 0.05) is 37.4 Å². The van der Waals surface area contributed by atoms with Crippen molar-refractivity contribution in [1.82, 2.24) is 4.90 Å². The number of likely N-dealkylation sites (tertiary alicyclic amines) is 1. The normalized spacial score (nSPS) is 23.5. The number of benzene rings is 1. The molecule has 0 saturated carbocycles. The number of Topliss-reactive ketones (excluding diaryl/α,β-unsaturated/α-hetero) is 1. The molecule has 0 spiro atoms. The molecule has 0 bridgehead atoms. The van der Waals surface area contributed by atoms with E-state index in [0.717, 1.165) is 19.4 Å². The number of amides is 2. The molecule has 2 aliphatic heterocycles. The fourth-order valence-corrected chi connectivity index (χ4v) is 3.22. The molecule has 6 nitrogen and oxygen atoms in total. The molecule has 1 aromatic carbocycles. The predicted molar refractivity (Wildman–Crippen MR) is 88.7 cm³/mol. The van der Waals surface area contributed by atoms with E-state index in [1.807, 2.05) is 0 Å². The number of anilines is 1. The smallest absolute Gasteiger partial charge is 0.229 e. The highest BCUT2D eigenvalue weighted by Gasteiger charge is 2.36. The molecule has 2 aliphatic rings. The molecule has 0 aromatic heterocycles. The molecule has 1 N–H and O–H groups in total. The van der Waals surface area contributed by atoms with Crippen molar-refractivity contribution in [2.45, 2.75) is 32.3 Å². The first-order valence-electron chi connectivity index (χ1n) is 8.34. The minimum Gasteiger partial charge on any atom is -0.376 e. The molecule has 6 heteroatoms. The number of nitrogens with one attached hydrogen (secondary N) is 1. The van der Waals surface area contributed by atoms with Crippen LogP contribution < -0.4 is 5.32 Å². The minimum atomic E-state index is -0.361. The molecule has 2 heterocycles. The Kier molecular flexibility index (Phi) is 4.94. The highest BCUT2D eigenvalue weighted by atomic mass is 16.5. The van der Waals surface area contributed by atoms with Crippen molar-refractivity contribution in [3.8, 4) is 0 Å². The Labute approximate surface area is 141 Å². The molecule has 2 fully saturated rings. The zero-order valence-corrected chi connectivity index (χ0v) is 13.8. The highest BCUT2D eigenvalue weighted by Crippen LogP contribution is 2.23. The van der Waals surface area contributed by atoms with E-state index < -0.39 is 0 Å². The van der Waals surface area contributed by atoms with Crippen molar-refractivity contribution in [2.24, 2.45) is 5.92 Å². The van der Waals surface area contributed by atoms with E-state index in [4.69, 9.17) is 4.74 Å². The zero-order valence-electron chi connectivity index (χ0n) is 13.8. The molecule has 1 aromatic rings. The van der Waals surface area contributed by atoms with E-state index in [-0.39, 0.29) is 36.0 Å². The number of ether oxygens (including phenoxy) is 1. The number of ketones is 1. The SMILES string of the molecule is CC(=O)c1cccc(NC(=O)C2CC(=O)N(CC3CCCO3)C2)c1. The zero-order chi connectivity index (χ0) is 17.1. The maximum absolute atomic E-state index is 12.4. The largest absolute Gasteiger partial charge is 0.376 e. The van der Waals surface area contributed by atoms with Gasteiger partial charge in [0.15, 0.2) is 5.78 Å². The van der Waals surface area contributed by atoms with Gasteiger partial charge in [-0.2, -0.15) is 0 Å². The molecule has 0 aliphatic carbocycles. The van der Waals surface area contributed by atoms with Crippen molar-refractivity contribution >= 4 is 23.3 Å². The van der Waals surface area contributed by atoms with E-state index in [9.17, 15) is 14.4 Å². The maximum atomic E-state index is 12.4. The van der Waals surface area contributed by atoms with E-state index in [0.29, 0.717) is 24.3 Å². The van der Waals surface area contributed by atoms with Gasteiger partial charge in [0.05, 0.1) is 12.0 Å². The van der Waals surface area contributed by atoms with Crippen molar-refractivity contribution < 1.29 is 19.1 Å². The van der Waals surface area contributed by atoms with Crippen LogP contribution in [-0.2, 0) is 14.3 Å². The molecule has 2 saturated heterocycles. The molecular weight excluding hydrogens is 308 g/mol. The summed E-state index contributed by atoms with van der Waals surface area (Å²) >= 11 is 0. The van der Waals surface area contributed by atoms with Crippen LogP contribution in [0.15, 0.2) is 24.3 Å². The fourth-order valence-electron chi connectivity index (χ4n) is 3.22. The lowest BCUT2D eigenvalue weighted by Crippen LogP contribution is -2.34. The van der Waals surface area contributed by atoms with Gasteiger partial charge in [-0.25, -0.2) is 0 Å². The molecule has 2 atom stereocenters. The van der Waals surface area contributed by atoms with Crippen LogP contribution in [0.1, 0.15) is 36.5 Å². The third kappa shape index (κ3) is 3.82. The average molecular weight is 330 g/mol. The number of hydrogen-bond acceptors (Lipinski definition) is 4. The Morgan fingerprint density at radius 3 is 2.92 bits per heavy atom. The van der Waals surface area contributed by atoms with Gasteiger partial charge in [-0.05, 0) is 31.9 Å². The summed E-state index contributed by atoms with van der Waals surface area (Å²) in [7, 11) is 0. The summed E-state index contributed by atoms with van der Waals surface area (Å²) in [5.74, 6) is -0.591. The Hall–Kier alpha value is -2.21. The highest BCUT2D eigenvalue weighted by molar-refractivity contribution is 5.99. The number of hydrogen-bond donors (Lipinski definition) is 1. The number of rotatable bonds is 5. The number of carbonyl (C=O) groups excluding carboxylic acids is 3. The van der Waals surface area contributed by atoms with Gasteiger partial charge in [0.25, 0.3) is 0 Å². The summed E-state index contributed by atoms with van der Waals surface area (Å²) in [6, 6.07) is 6.84. The van der Waals surface area contributed by atoms with Crippen LogP contribution in [0, 0.1) is 5.92 Å². The first kappa shape index (κ1) is 16.6. The number of carbonyl (C=O) groups is 3. The molecular formula is C18H22N2O4. The monoisotopic (exact) mass is 330 g/mol. The summed E-state index contributed by atoms with van der Waals surface area (Å²) in [6.45, 7) is 3.24. The van der Waals surface area contributed by atoms with Gasteiger partial charge >= 0.3 is 0 Å². The predicted octanol–water partition coefficient (Wildman–Crippen LogP) is 1.86. The Balaban J connectivity index is 1.58. The fraction of sp³-hybridized carbons (Fsp3) is 0.500. The van der Waals surface area contributed by atoms with Crippen LogP contribution in [0.2, 0.25) is 0 Å². The summed E-state index contributed by atoms with van der Waals surface area (Å²) in [5.41, 5.74) is 1.13. The van der Waals surface area contributed by atoms with Crippen molar-refractivity contribution in [2.75, 3.05) is 25.0 Å². The molecule has 2 amide bonds. The Morgan fingerprint density at radius 2 is 2.21 bits per heavy atom. The Bertz CT molecular complexity index is 652. The van der Waals surface area contributed by atoms with Crippen LogP contribution in [0.4, 0.5) is 5.69 Å². The summed E-state index contributed by atoms with van der Waals surface area (Å²) < 4.78 is 5.56. The van der Waals surface area contributed by atoms with Crippen LogP contribution >= 0.6 is 0 Å². The summed E-state index contributed by atoms with van der Waals surface area (Å²) in [5, 5.41) is 2.81. The van der Waals surface area contributed by atoms with E-state index in [2.05, 4.69) is 5.32 Å². The van der Waals surface area contributed by atoms with E-state index in [1.165, 1.54) is 6.92 Å². The number of nitrogens with zero attached hydrogens (tertiary/aromatic N) is 1. The van der Waals surface area contributed by atoms with E-state index in [1.54, 1.807) is 29.2 Å². The molecule has 24 heavy (non-hydrogen) atoms. The maximum Gasteiger partial charge on any atom is 0.229 e. The summed E-state index contributed by atoms with van der Waals surface area (Å²) in [4.78, 5) is 37.7. The third-order valence-corrected chi connectivity index (χ3v) is 4.57. The standard InChI is InChI=1S/C18H22N2O4/c1-12(21)13-4-2-5-15(8-13)19-18(23)14-9-17(22)20(10-14)11-16-6-3-7-24-16/h2,4-5,8,14,16H,3,6-7,9-11H2,1H3,(H,19,23). The van der Waals surface area contributed by atoms with Gasteiger partial charge in [-0.3, -0.25) is 14.4 Å². The quantitative estimate of drug-likeness (QED) is 0.836. The van der Waals surface area contributed by atoms with Crippen LogP contribution in [0.3, 0.4) is 0 Å². The van der Waals surface area contributed by atoms with Gasteiger partial charge < -0.3 is 15.0 Å². The lowest BCUT2D eigenvalue weighted by atomic mass is 10.1. The molecule has 2 unspecified atom stereocenters. The second-order valence-electron chi connectivity index (χ2n) is 6.46. The van der Waals surface area contributed by atoms with Crippen molar-refractivity contribution in [3.05, 3.63) is 29.8 Å². The second kappa shape index (κ2) is 7.13. The Morgan fingerprint density at radius 1 is 1.38 bits per heavy atom. The first-order chi connectivity index (χ1) is 11.5. The van der Waals surface area contributed by atoms with Crippen LogP contribution in [-0.4, -0.2) is 48.3 Å². The first-order valence-corrected chi connectivity index (χ1v) is 8.34. The summed E-state index contributed by atoms with van der Waals surface area (Å²) in [6.07, 6.45) is 2.33. The topological polar surface area (TPSA) is 75.7 Å². The average Bonchev–Trinajstić information content (AvgIpc) is 3.18. The minimum absolute atomic E-state index is 0.00290. The lowest BCUT2D eigenvalue weighted by Gasteiger charge is -2.20. The third-order valence-electron chi connectivity index (χ3n) is 4.57. The van der Waals surface area contributed by atoms with Crippen molar-refractivity contribution in [3.63, 3.8) is 0 Å². The van der Waals surface area contributed by atoms with Crippen molar-refractivity contribution in [1.29, 1.82) is 0 Å². The van der Waals surface area contributed by atoms with Gasteiger partial charge in [-0.15, -0.1) is 0 Å². The van der Waals surface area contributed by atoms with E-state index >= 15 is 0 Å².